The number of imide groups is 1. The molecule has 78 heavy (non-hydrogen) atoms. The number of amides is 8. The molecule has 8 N–H and O–H groups in total. The van der Waals surface area contributed by atoms with Crippen molar-refractivity contribution in [2.45, 2.75) is 180 Å². The molecule has 23 heteroatoms. The van der Waals surface area contributed by atoms with Crippen molar-refractivity contribution in [1.82, 2.24) is 36.8 Å². The highest BCUT2D eigenvalue weighted by Gasteiger charge is 2.35. The minimum Gasteiger partial charge on any atom is -0.481 e. The first-order valence-corrected chi connectivity index (χ1v) is 28.9. The Bertz CT molecular complexity index is 1780. The maximum atomic E-state index is 13.0. The fraction of sp³-hybridized carbons (Fsp3) is 0.818. The number of aliphatic carboxylic acids is 2. The van der Waals surface area contributed by atoms with Crippen molar-refractivity contribution in [1.29, 1.82) is 0 Å². The van der Waals surface area contributed by atoms with Crippen molar-refractivity contribution in [3.8, 4) is 0 Å². The highest BCUT2D eigenvalue weighted by atomic mass is 16.5. The fourth-order valence-electron chi connectivity index (χ4n) is 9.11. The predicted molar refractivity (Wildman–Crippen MR) is 288 cm³/mol. The number of unbranched alkanes of at least 4 members (excludes halogenated alkanes) is 15. The molecule has 8 amide bonds. The number of ether oxygens (including phenoxy) is 4. The number of hydrogen-bond acceptors (Lipinski definition) is 14. The van der Waals surface area contributed by atoms with Gasteiger partial charge in [0.05, 0.1) is 39.6 Å². The molecule has 2 atom stereocenters. The van der Waals surface area contributed by atoms with Gasteiger partial charge in [0.2, 0.25) is 47.3 Å². The van der Waals surface area contributed by atoms with Crippen molar-refractivity contribution < 1.29 is 77.1 Å². The summed E-state index contributed by atoms with van der Waals surface area (Å²) in [5, 5.41) is 34.6. The molecule has 0 spiro atoms. The molecule has 1 unspecified atom stereocenters. The van der Waals surface area contributed by atoms with Crippen molar-refractivity contribution in [3.63, 3.8) is 0 Å². The predicted octanol–water partition coefficient (Wildman–Crippen LogP) is 3.68. The number of hydrogen-bond donors (Lipinski definition) is 8. The summed E-state index contributed by atoms with van der Waals surface area (Å²) in [6.07, 6.45) is 22.1. The van der Waals surface area contributed by atoms with Crippen LogP contribution in [-0.2, 0) is 66.9 Å². The average molecular weight is 1110 g/mol. The second-order valence-corrected chi connectivity index (χ2v) is 20.5. The van der Waals surface area contributed by atoms with Gasteiger partial charge in [-0.3, -0.25) is 48.1 Å². The number of carboxylic acid groups (broad SMARTS) is 2. The van der Waals surface area contributed by atoms with E-state index in [1.807, 2.05) is 0 Å². The van der Waals surface area contributed by atoms with Gasteiger partial charge in [0.25, 0.3) is 0 Å². The molecule has 1 saturated carbocycles. The SMILES string of the molecule is CC1CC(=O)N(CCC(=O)NCCNC(=O)COCCOCCNC(=O)COCCOCCNC(=O)CC[C@H](NC(=O)C2CCC(CNC(=O)CCCCCCCCCCCCCCCCCCC(=O)O)CC2)C(=O)O)C1=O. The zero-order valence-electron chi connectivity index (χ0n) is 46.7. The smallest absolute Gasteiger partial charge is 0.326 e. The third-order valence-electron chi connectivity index (χ3n) is 13.8. The van der Waals surface area contributed by atoms with Crippen LogP contribution < -0.4 is 31.9 Å². The lowest BCUT2D eigenvalue weighted by atomic mass is 9.81. The number of likely N-dealkylation sites (tertiary alicyclic amines) is 1. The van der Waals surface area contributed by atoms with Gasteiger partial charge < -0.3 is 61.1 Å². The number of nitrogens with one attached hydrogen (secondary N) is 6. The Balaban J connectivity index is 1.35. The van der Waals surface area contributed by atoms with E-state index in [2.05, 4.69) is 31.9 Å². The van der Waals surface area contributed by atoms with Crippen molar-refractivity contribution in [2.75, 3.05) is 92.1 Å². The number of nitrogens with zero attached hydrogens (tertiary/aromatic N) is 1. The first-order chi connectivity index (χ1) is 37.7. The lowest BCUT2D eigenvalue weighted by molar-refractivity contribution is -0.143. The molecule has 1 aliphatic carbocycles. The van der Waals surface area contributed by atoms with Crippen molar-refractivity contribution >= 4 is 59.2 Å². The quantitative estimate of drug-likeness (QED) is 0.0318. The van der Waals surface area contributed by atoms with Gasteiger partial charge in [0.1, 0.15) is 19.3 Å². The Morgan fingerprint density at radius 1 is 0.513 bits per heavy atom. The zero-order valence-corrected chi connectivity index (χ0v) is 46.7. The molecule has 0 aromatic carbocycles. The van der Waals surface area contributed by atoms with E-state index in [1.165, 1.54) is 64.2 Å². The minimum absolute atomic E-state index is 0.0139. The van der Waals surface area contributed by atoms with Gasteiger partial charge >= 0.3 is 11.9 Å². The zero-order chi connectivity index (χ0) is 57.0. The van der Waals surface area contributed by atoms with Crippen molar-refractivity contribution in [2.24, 2.45) is 17.8 Å². The molecule has 0 aromatic rings. The first kappa shape index (κ1) is 68.8. The fourth-order valence-corrected chi connectivity index (χ4v) is 9.11. The Morgan fingerprint density at radius 3 is 1.44 bits per heavy atom. The minimum atomic E-state index is -1.21. The highest BCUT2D eigenvalue weighted by Crippen LogP contribution is 2.29. The summed E-state index contributed by atoms with van der Waals surface area (Å²) in [6, 6.07) is -1.20. The van der Waals surface area contributed by atoms with Crippen LogP contribution in [0.2, 0.25) is 0 Å². The normalized spacial score (nSPS) is 16.6. The van der Waals surface area contributed by atoms with Gasteiger partial charge in [-0.2, -0.15) is 0 Å². The van der Waals surface area contributed by atoms with Gasteiger partial charge in [-0.15, -0.1) is 0 Å². The molecule has 0 aromatic heterocycles. The van der Waals surface area contributed by atoms with E-state index in [9.17, 15) is 53.1 Å². The van der Waals surface area contributed by atoms with Crippen LogP contribution in [0.5, 0.6) is 0 Å². The van der Waals surface area contributed by atoms with Crippen molar-refractivity contribution in [3.05, 3.63) is 0 Å². The van der Waals surface area contributed by atoms with Crippen LogP contribution in [0.25, 0.3) is 0 Å². The molecule has 0 radical (unpaired) electrons. The van der Waals surface area contributed by atoms with E-state index in [0.717, 1.165) is 56.3 Å². The number of carbonyl (C=O) groups excluding carboxylic acids is 8. The van der Waals surface area contributed by atoms with Crippen LogP contribution in [0, 0.1) is 17.8 Å². The Labute approximate surface area is 461 Å². The monoisotopic (exact) mass is 1110 g/mol. The van der Waals surface area contributed by atoms with Crippen LogP contribution in [0.4, 0.5) is 0 Å². The van der Waals surface area contributed by atoms with E-state index >= 15 is 0 Å². The summed E-state index contributed by atoms with van der Waals surface area (Å²) in [6.45, 7) is 3.64. The molecule has 1 heterocycles. The number of carboxylic acids is 2. The molecule has 2 aliphatic rings. The van der Waals surface area contributed by atoms with E-state index < -0.39 is 18.0 Å². The average Bonchev–Trinajstić information content (AvgIpc) is 3.66. The molecule has 2 rings (SSSR count). The topological polar surface area (TPSA) is 324 Å². The first-order valence-electron chi connectivity index (χ1n) is 28.9. The Hall–Kier alpha value is -5.26. The third kappa shape index (κ3) is 36.0. The Kier molecular flexibility index (Phi) is 39.3. The lowest BCUT2D eigenvalue weighted by Crippen LogP contribution is -2.45. The molecule has 0 bridgehead atoms. The second-order valence-electron chi connectivity index (χ2n) is 20.5. The van der Waals surface area contributed by atoms with Crippen LogP contribution in [-0.4, -0.2) is 172 Å². The van der Waals surface area contributed by atoms with E-state index in [4.69, 9.17) is 24.1 Å². The maximum Gasteiger partial charge on any atom is 0.326 e. The molecule has 2 fully saturated rings. The van der Waals surface area contributed by atoms with Gasteiger partial charge in [-0.05, 0) is 50.9 Å². The molecule has 446 valence electrons. The van der Waals surface area contributed by atoms with E-state index in [-0.39, 0.29) is 183 Å². The molecule has 1 saturated heterocycles. The van der Waals surface area contributed by atoms with Crippen LogP contribution in [0.1, 0.15) is 174 Å². The second kappa shape index (κ2) is 44.6. The number of rotatable bonds is 49. The summed E-state index contributed by atoms with van der Waals surface area (Å²) in [4.78, 5) is 121. The summed E-state index contributed by atoms with van der Waals surface area (Å²) < 4.78 is 21.4. The summed E-state index contributed by atoms with van der Waals surface area (Å²) >= 11 is 0. The van der Waals surface area contributed by atoms with Crippen LogP contribution in [0.3, 0.4) is 0 Å². The largest absolute Gasteiger partial charge is 0.481 e. The van der Waals surface area contributed by atoms with Crippen LogP contribution in [0.15, 0.2) is 0 Å². The van der Waals surface area contributed by atoms with E-state index in [0.29, 0.717) is 25.8 Å². The maximum absolute atomic E-state index is 13.0. The Morgan fingerprint density at radius 2 is 0.949 bits per heavy atom. The van der Waals surface area contributed by atoms with Crippen LogP contribution >= 0.6 is 0 Å². The van der Waals surface area contributed by atoms with Gasteiger partial charge in [0.15, 0.2) is 0 Å². The molecular formula is C55H95N7O16. The number of carbonyl (C=O) groups is 10. The van der Waals surface area contributed by atoms with Gasteiger partial charge in [-0.1, -0.05) is 96.8 Å². The molecule has 23 nitrogen and oxygen atoms in total. The summed E-state index contributed by atoms with van der Waals surface area (Å²) in [7, 11) is 0. The van der Waals surface area contributed by atoms with Gasteiger partial charge in [0, 0.05) is 83.2 Å². The summed E-state index contributed by atoms with van der Waals surface area (Å²) in [5.74, 6) is -4.60. The lowest BCUT2D eigenvalue weighted by Gasteiger charge is -2.28. The van der Waals surface area contributed by atoms with Gasteiger partial charge in [-0.25, -0.2) is 4.79 Å². The third-order valence-corrected chi connectivity index (χ3v) is 13.8. The summed E-state index contributed by atoms with van der Waals surface area (Å²) in [5.41, 5.74) is 0. The standard InChI is InChI=1S/C55H95N7O16/c1-42-38-51(68)62(54(42)72)31-26-48(65)56-27-28-57-49(66)40-77-36-35-76-33-30-59-50(67)41-78-37-34-75-32-29-58-47(64)25-24-45(55(73)74)61-53(71)44-22-20-43(21-23-44)39-60-46(63)18-16-14-12-10-8-6-4-2-3-5-7-9-11-13-15-17-19-52(69)70/h42-45H,2-41H2,1H3,(H,56,65)(H,57,66)(H,58,64)(H,59,67)(H,60,63)(H,61,71)(H,69,70)(H,73,74)/t42?,43?,44?,45-/m0/s1. The molecule has 1 aliphatic heterocycles. The van der Waals surface area contributed by atoms with E-state index in [1.54, 1.807) is 6.92 Å². The highest BCUT2D eigenvalue weighted by molar-refractivity contribution is 6.03. The molecular weight excluding hydrogens is 1010 g/mol.